The molecule has 3 rings (SSSR count). The van der Waals surface area contributed by atoms with E-state index in [0.29, 0.717) is 11.5 Å². The molecule has 0 radical (unpaired) electrons. The molecule has 0 bridgehead atoms. The summed E-state index contributed by atoms with van der Waals surface area (Å²) in [5.41, 5.74) is 3.57. The minimum absolute atomic E-state index is 0.124. The van der Waals surface area contributed by atoms with Gasteiger partial charge in [0.2, 0.25) is 0 Å². The standard InChI is InChI=1S/C20H20N2O2S/c1-4-24-16-11-9-15(10-12-16)20-21-14(3)18(25-20)19(23)22-17-8-6-5-7-13(17)2/h5-12H,4H2,1-3H3,(H,22,23). The molecule has 5 heteroatoms. The van der Waals surface area contributed by atoms with Crippen LogP contribution in [0.1, 0.15) is 27.9 Å². The number of para-hydroxylation sites is 1. The third-order valence-corrected chi connectivity index (χ3v) is 5.01. The molecule has 1 heterocycles. The van der Waals surface area contributed by atoms with Crippen LogP contribution in [0.5, 0.6) is 5.75 Å². The van der Waals surface area contributed by atoms with Gasteiger partial charge in [-0.05, 0) is 56.7 Å². The van der Waals surface area contributed by atoms with Gasteiger partial charge >= 0.3 is 0 Å². The van der Waals surface area contributed by atoms with Crippen LogP contribution in [0.3, 0.4) is 0 Å². The molecule has 0 saturated heterocycles. The van der Waals surface area contributed by atoms with Crippen LogP contribution in [0.2, 0.25) is 0 Å². The first kappa shape index (κ1) is 17.2. The van der Waals surface area contributed by atoms with Crippen LogP contribution in [0.4, 0.5) is 5.69 Å². The lowest BCUT2D eigenvalue weighted by molar-refractivity contribution is 0.102. The Morgan fingerprint density at radius 3 is 2.52 bits per heavy atom. The molecule has 3 aromatic rings. The molecule has 0 spiro atoms. The van der Waals surface area contributed by atoms with E-state index >= 15 is 0 Å². The van der Waals surface area contributed by atoms with Gasteiger partial charge in [-0.2, -0.15) is 0 Å². The summed E-state index contributed by atoms with van der Waals surface area (Å²) < 4.78 is 5.46. The van der Waals surface area contributed by atoms with Gasteiger partial charge in [-0.3, -0.25) is 4.79 Å². The van der Waals surface area contributed by atoms with Crippen LogP contribution in [-0.4, -0.2) is 17.5 Å². The Balaban J connectivity index is 1.82. The van der Waals surface area contributed by atoms with Crippen molar-refractivity contribution in [3.63, 3.8) is 0 Å². The van der Waals surface area contributed by atoms with Gasteiger partial charge in [-0.1, -0.05) is 18.2 Å². The van der Waals surface area contributed by atoms with Gasteiger partial charge in [0.25, 0.3) is 5.91 Å². The van der Waals surface area contributed by atoms with E-state index in [1.807, 2.05) is 69.3 Å². The van der Waals surface area contributed by atoms with Crippen molar-refractivity contribution in [2.75, 3.05) is 11.9 Å². The Hall–Kier alpha value is -2.66. The van der Waals surface area contributed by atoms with Crippen molar-refractivity contribution in [3.8, 4) is 16.3 Å². The van der Waals surface area contributed by atoms with E-state index in [4.69, 9.17) is 4.74 Å². The SMILES string of the molecule is CCOc1ccc(-c2nc(C)c(C(=O)Nc3ccccc3C)s2)cc1. The largest absolute Gasteiger partial charge is 0.494 e. The van der Waals surface area contributed by atoms with Gasteiger partial charge in [0.1, 0.15) is 15.6 Å². The van der Waals surface area contributed by atoms with Crippen molar-refractivity contribution in [2.24, 2.45) is 0 Å². The summed E-state index contributed by atoms with van der Waals surface area (Å²) in [6, 6.07) is 15.5. The van der Waals surface area contributed by atoms with Crippen molar-refractivity contribution in [2.45, 2.75) is 20.8 Å². The predicted octanol–water partition coefficient (Wildman–Crippen LogP) is 5.08. The van der Waals surface area contributed by atoms with E-state index < -0.39 is 0 Å². The van der Waals surface area contributed by atoms with Crippen LogP contribution in [-0.2, 0) is 0 Å². The lowest BCUT2D eigenvalue weighted by Gasteiger charge is -2.06. The first-order valence-corrected chi connectivity index (χ1v) is 8.97. The van der Waals surface area contributed by atoms with E-state index in [9.17, 15) is 4.79 Å². The van der Waals surface area contributed by atoms with Crippen molar-refractivity contribution in [1.82, 2.24) is 4.98 Å². The van der Waals surface area contributed by atoms with Gasteiger partial charge in [0.05, 0.1) is 12.3 Å². The topological polar surface area (TPSA) is 51.2 Å². The van der Waals surface area contributed by atoms with E-state index in [1.54, 1.807) is 0 Å². The van der Waals surface area contributed by atoms with E-state index in [0.717, 1.165) is 33.3 Å². The third kappa shape index (κ3) is 3.88. The zero-order valence-corrected chi connectivity index (χ0v) is 15.3. The Morgan fingerprint density at radius 2 is 1.84 bits per heavy atom. The number of thiazole rings is 1. The fourth-order valence-electron chi connectivity index (χ4n) is 2.48. The molecule has 2 aromatic carbocycles. The summed E-state index contributed by atoms with van der Waals surface area (Å²) in [6.07, 6.45) is 0. The molecule has 0 saturated carbocycles. The zero-order valence-electron chi connectivity index (χ0n) is 14.5. The summed E-state index contributed by atoms with van der Waals surface area (Å²) >= 11 is 1.40. The maximum absolute atomic E-state index is 12.6. The molecule has 1 aromatic heterocycles. The normalized spacial score (nSPS) is 10.5. The monoisotopic (exact) mass is 352 g/mol. The second-order valence-corrected chi connectivity index (χ2v) is 6.66. The van der Waals surface area contributed by atoms with Gasteiger partial charge in [-0.15, -0.1) is 11.3 Å². The second-order valence-electron chi connectivity index (χ2n) is 5.66. The van der Waals surface area contributed by atoms with Crippen LogP contribution >= 0.6 is 11.3 Å². The lowest BCUT2D eigenvalue weighted by atomic mass is 10.2. The molecular formula is C20H20N2O2S. The highest BCUT2D eigenvalue weighted by atomic mass is 32.1. The number of carbonyl (C=O) groups excluding carboxylic acids is 1. The number of nitrogens with zero attached hydrogens (tertiary/aromatic N) is 1. The maximum Gasteiger partial charge on any atom is 0.267 e. The van der Waals surface area contributed by atoms with Gasteiger partial charge in [0.15, 0.2) is 0 Å². The van der Waals surface area contributed by atoms with Crippen LogP contribution in [0.15, 0.2) is 48.5 Å². The number of amides is 1. The first-order valence-electron chi connectivity index (χ1n) is 8.16. The van der Waals surface area contributed by atoms with Crippen LogP contribution in [0, 0.1) is 13.8 Å². The molecular weight excluding hydrogens is 332 g/mol. The summed E-state index contributed by atoms with van der Waals surface area (Å²) in [4.78, 5) is 17.8. The molecule has 0 atom stereocenters. The Bertz CT molecular complexity index is 885. The lowest BCUT2D eigenvalue weighted by Crippen LogP contribution is -2.12. The molecule has 1 amide bonds. The Kier molecular flexibility index (Phi) is 5.14. The summed E-state index contributed by atoms with van der Waals surface area (Å²) in [5.74, 6) is 0.707. The molecule has 25 heavy (non-hydrogen) atoms. The summed E-state index contributed by atoms with van der Waals surface area (Å²) in [6.45, 7) is 6.43. The number of anilines is 1. The number of hydrogen-bond acceptors (Lipinski definition) is 4. The predicted molar refractivity (Wildman–Crippen MR) is 103 cm³/mol. The molecule has 1 N–H and O–H groups in total. The van der Waals surface area contributed by atoms with E-state index in [2.05, 4.69) is 10.3 Å². The summed E-state index contributed by atoms with van der Waals surface area (Å²) in [5, 5.41) is 3.80. The zero-order chi connectivity index (χ0) is 17.8. The van der Waals surface area contributed by atoms with Crippen molar-refractivity contribution in [3.05, 3.63) is 64.7 Å². The molecule has 0 unspecified atom stereocenters. The van der Waals surface area contributed by atoms with Crippen LogP contribution in [0.25, 0.3) is 10.6 Å². The molecule has 0 aliphatic carbocycles. The highest BCUT2D eigenvalue weighted by molar-refractivity contribution is 7.17. The van der Waals surface area contributed by atoms with E-state index in [-0.39, 0.29) is 5.91 Å². The molecule has 128 valence electrons. The molecule has 4 nitrogen and oxygen atoms in total. The molecule has 0 aliphatic heterocycles. The van der Waals surface area contributed by atoms with Crippen LogP contribution < -0.4 is 10.1 Å². The van der Waals surface area contributed by atoms with Gasteiger partial charge in [-0.25, -0.2) is 4.98 Å². The Labute approximate surface area is 151 Å². The highest BCUT2D eigenvalue weighted by Gasteiger charge is 2.17. The number of hydrogen-bond donors (Lipinski definition) is 1. The third-order valence-electron chi connectivity index (χ3n) is 3.81. The number of ether oxygens (including phenoxy) is 1. The average molecular weight is 352 g/mol. The smallest absolute Gasteiger partial charge is 0.267 e. The second kappa shape index (κ2) is 7.49. The van der Waals surface area contributed by atoms with Crippen molar-refractivity contribution >= 4 is 22.9 Å². The van der Waals surface area contributed by atoms with E-state index in [1.165, 1.54) is 11.3 Å². The fraction of sp³-hybridized carbons (Fsp3) is 0.200. The minimum Gasteiger partial charge on any atom is -0.494 e. The Morgan fingerprint density at radius 1 is 1.12 bits per heavy atom. The van der Waals surface area contributed by atoms with Crippen molar-refractivity contribution in [1.29, 1.82) is 0 Å². The molecule has 0 fully saturated rings. The maximum atomic E-state index is 12.6. The van der Waals surface area contributed by atoms with Crippen molar-refractivity contribution < 1.29 is 9.53 Å². The number of benzene rings is 2. The number of rotatable bonds is 5. The van der Waals surface area contributed by atoms with Gasteiger partial charge < -0.3 is 10.1 Å². The number of nitrogens with one attached hydrogen (secondary N) is 1. The fourth-order valence-corrected chi connectivity index (χ4v) is 3.45. The first-order chi connectivity index (χ1) is 12.1. The highest BCUT2D eigenvalue weighted by Crippen LogP contribution is 2.30. The van der Waals surface area contributed by atoms with Gasteiger partial charge in [0, 0.05) is 11.3 Å². The summed E-state index contributed by atoms with van der Waals surface area (Å²) in [7, 11) is 0. The molecule has 0 aliphatic rings. The average Bonchev–Trinajstić information content (AvgIpc) is 3.00. The minimum atomic E-state index is -0.124. The quantitative estimate of drug-likeness (QED) is 0.697. The number of carbonyl (C=O) groups is 1. The number of aromatic nitrogens is 1. The number of aryl methyl sites for hydroxylation is 2.